The summed E-state index contributed by atoms with van der Waals surface area (Å²) < 4.78 is 17.7. The largest absolute Gasteiger partial charge is 0.491 e. The van der Waals surface area contributed by atoms with Crippen molar-refractivity contribution in [3.05, 3.63) is 95.0 Å². The van der Waals surface area contributed by atoms with Crippen LogP contribution in [0.2, 0.25) is 5.02 Å². The fourth-order valence-corrected chi connectivity index (χ4v) is 5.49. The van der Waals surface area contributed by atoms with Crippen LogP contribution in [0.1, 0.15) is 43.4 Å². The van der Waals surface area contributed by atoms with Gasteiger partial charge >= 0.3 is 0 Å². The van der Waals surface area contributed by atoms with Crippen LogP contribution in [0.15, 0.2) is 78.9 Å². The number of halogens is 1. The molecule has 2 saturated heterocycles. The molecule has 3 aromatic carbocycles. The lowest BCUT2D eigenvalue weighted by Crippen LogP contribution is -2.48. The van der Waals surface area contributed by atoms with Gasteiger partial charge in [0.2, 0.25) is 0 Å². The normalized spacial score (nSPS) is 21.5. The molecule has 0 aliphatic carbocycles. The van der Waals surface area contributed by atoms with Gasteiger partial charge in [0, 0.05) is 38.9 Å². The van der Waals surface area contributed by atoms with Gasteiger partial charge in [-0.2, -0.15) is 0 Å². The lowest BCUT2D eigenvalue weighted by molar-refractivity contribution is -0.189. The Labute approximate surface area is 225 Å². The van der Waals surface area contributed by atoms with Crippen molar-refractivity contribution in [1.82, 2.24) is 4.90 Å². The van der Waals surface area contributed by atoms with Crippen molar-refractivity contribution >= 4 is 17.3 Å². The maximum atomic E-state index is 6.87. The average Bonchev–Trinajstić information content (AvgIpc) is 2.94. The Balaban J connectivity index is 1.25. The number of nitrogens with zero attached hydrogens (tertiary/aromatic N) is 2. The second-order valence-corrected chi connectivity index (χ2v) is 10.4. The number of rotatable bonds is 9. The predicted molar refractivity (Wildman–Crippen MR) is 149 cm³/mol. The van der Waals surface area contributed by atoms with Crippen molar-refractivity contribution in [3.63, 3.8) is 0 Å². The molecule has 3 aromatic rings. The van der Waals surface area contributed by atoms with Crippen LogP contribution >= 0.6 is 11.6 Å². The van der Waals surface area contributed by atoms with Crippen LogP contribution in [0.25, 0.3) is 0 Å². The third-order valence-electron chi connectivity index (χ3n) is 7.13. The SMILES string of the molecule is C[C@@H](COc1ccc(N2CCN(Cc3ccccc3)C[C@H]2c2ccccc2)c(Cl)c1)OC1CCCCO1. The zero-order valence-corrected chi connectivity index (χ0v) is 22.4. The molecule has 0 saturated carbocycles. The van der Waals surface area contributed by atoms with Gasteiger partial charge in [0.15, 0.2) is 6.29 Å². The van der Waals surface area contributed by atoms with Crippen LogP contribution in [0, 0.1) is 0 Å². The minimum Gasteiger partial charge on any atom is -0.491 e. The monoisotopic (exact) mass is 520 g/mol. The molecule has 0 amide bonds. The standard InChI is InChI=1S/C31H37ClN2O3/c1-24(37-31-14-8-9-19-35-31)23-36-27-15-16-29(28(32)20-27)34-18-17-33(21-25-10-4-2-5-11-25)22-30(34)26-12-6-3-7-13-26/h2-7,10-13,15-16,20,24,30-31H,8-9,14,17-19,21-23H2,1H3/t24-,30-,31?/m0/s1. The molecule has 196 valence electrons. The summed E-state index contributed by atoms with van der Waals surface area (Å²) >= 11 is 6.87. The van der Waals surface area contributed by atoms with Gasteiger partial charge in [-0.1, -0.05) is 72.3 Å². The fourth-order valence-electron chi connectivity index (χ4n) is 5.21. The van der Waals surface area contributed by atoms with Crippen molar-refractivity contribution in [2.24, 2.45) is 0 Å². The first-order chi connectivity index (χ1) is 18.2. The molecule has 5 rings (SSSR count). The molecule has 0 N–H and O–H groups in total. The van der Waals surface area contributed by atoms with Crippen molar-refractivity contribution in [2.45, 2.75) is 51.2 Å². The smallest absolute Gasteiger partial charge is 0.158 e. The van der Waals surface area contributed by atoms with E-state index in [4.69, 9.17) is 25.8 Å². The van der Waals surface area contributed by atoms with E-state index in [1.54, 1.807) is 0 Å². The summed E-state index contributed by atoms with van der Waals surface area (Å²) in [6.07, 6.45) is 3.05. The maximum absolute atomic E-state index is 6.87. The van der Waals surface area contributed by atoms with E-state index in [9.17, 15) is 0 Å². The third kappa shape index (κ3) is 7.05. The van der Waals surface area contributed by atoms with Gasteiger partial charge in [0.25, 0.3) is 0 Å². The molecule has 5 nitrogen and oxygen atoms in total. The number of hydrogen-bond acceptors (Lipinski definition) is 5. The van der Waals surface area contributed by atoms with Crippen LogP contribution in [0.5, 0.6) is 5.75 Å². The summed E-state index contributed by atoms with van der Waals surface area (Å²) in [5.74, 6) is 0.757. The van der Waals surface area contributed by atoms with E-state index in [-0.39, 0.29) is 18.4 Å². The lowest BCUT2D eigenvalue weighted by Gasteiger charge is -2.43. The highest BCUT2D eigenvalue weighted by Crippen LogP contribution is 2.37. The highest BCUT2D eigenvalue weighted by Gasteiger charge is 2.30. The van der Waals surface area contributed by atoms with E-state index in [2.05, 4.69) is 76.5 Å². The van der Waals surface area contributed by atoms with E-state index in [0.717, 1.165) is 63.5 Å². The Morgan fingerprint density at radius 3 is 2.49 bits per heavy atom. The van der Waals surface area contributed by atoms with Gasteiger partial charge in [0.1, 0.15) is 12.4 Å². The quantitative estimate of drug-likeness (QED) is 0.313. The van der Waals surface area contributed by atoms with Crippen LogP contribution in [0.4, 0.5) is 5.69 Å². The van der Waals surface area contributed by atoms with E-state index in [1.807, 2.05) is 19.1 Å². The van der Waals surface area contributed by atoms with Gasteiger partial charge < -0.3 is 19.1 Å². The zero-order valence-electron chi connectivity index (χ0n) is 21.6. The molecular weight excluding hydrogens is 484 g/mol. The van der Waals surface area contributed by atoms with Crippen molar-refractivity contribution in [2.75, 3.05) is 37.7 Å². The first-order valence-electron chi connectivity index (χ1n) is 13.4. The molecule has 3 atom stereocenters. The van der Waals surface area contributed by atoms with Gasteiger partial charge in [-0.15, -0.1) is 0 Å². The van der Waals surface area contributed by atoms with Gasteiger partial charge in [-0.05, 0) is 49.4 Å². The molecule has 2 fully saturated rings. The second kappa shape index (κ2) is 12.8. The van der Waals surface area contributed by atoms with Crippen LogP contribution < -0.4 is 9.64 Å². The third-order valence-corrected chi connectivity index (χ3v) is 7.44. The van der Waals surface area contributed by atoms with E-state index in [0.29, 0.717) is 11.6 Å². The molecule has 0 bridgehead atoms. The molecule has 6 heteroatoms. The minimum absolute atomic E-state index is 0.0540. The molecule has 2 aliphatic rings. The van der Waals surface area contributed by atoms with E-state index in [1.165, 1.54) is 11.1 Å². The molecular formula is C31H37ClN2O3. The first kappa shape index (κ1) is 26.1. The highest BCUT2D eigenvalue weighted by molar-refractivity contribution is 6.33. The highest BCUT2D eigenvalue weighted by atomic mass is 35.5. The summed E-state index contributed by atoms with van der Waals surface area (Å²) in [7, 11) is 0. The lowest BCUT2D eigenvalue weighted by atomic mass is 10.0. The molecule has 1 unspecified atom stereocenters. The Kier molecular flexibility index (Phi) is 9.01. The first-order valence-corrected chi connectivity index (χ1v) is 13.8. The Bertz CT molecular complexity index is 1110. The molecule has 37 heavy (non-hydrogen) atoms. The van der Waals surface area contributed by atoms with Crippen LogP contribution in [-0.4, -0.2) is 50.1 Å². The Hall–Kier alpha value is -2.57. The van der Waals surface area contributed by atoms with Crippen molar-refractivity contribution in [3.8, 4) is 5.75 Å². The molecule has 2 heterocycles. The Morgan fingerprint density at radius 1 is 0.973 bits per heavy atom. The average molecular weight is 521 g/mol. The van der Waals surface area contributed by atoms with Gasteiger partial charge in [-0.25, -0.2) is 0 Å². The maximum Gasteiger partial charge on any atom is 0.158 e. The number of hydrogen-bond donors (Lipinski definition) is 0. The number of piperazine rings is 1. The number of ether oxygens (including phenoxy) is 3. The van der Waals surface area contributed by atoms with Crippen molar-refractivity contribution < 1.29 is 14.2 Å². The second-order valence-electron chi connectivity index (χ2n) is 10.0. The summed E-state index contributed by atoms with van der Waals surface area (Å²) in [6, 6.07) is 27.7. The number of benzene rings is 3. The molecule has 2 aliphatic heterocycles. The molecule has 0 radical (unpaired) electrons. The van der Waals surface area contributed by atoms with Gasteiger partial charge in [-0.3, -0.25) is 4.90 Å². The number of anilines is 1. The summed E-state index contributed by atoms with van der Waals surface area (Å²) in [4.78, 5) is 4.97. The molecule has 0 aromatic heterocycles. The minimum atomic E-state index is -0.117. The zero-order chi connectivity index (χ0) is 25.5. The summed E-state index contributed by atoms with van der Waals surface area (Å²) in [5.41, 5.74) is 3.69. The van der Waals surface area contributed by atoms with Crippen LogP contribution in [0.3, 0.4) is 0 Å². The van der Waals surface area contributed by atoms with Crippen LogP contribution in [-0.2, 0) is 16.0 Å². The topological polar surface area (TPSA) is 34.2 Å². The van der Waals surface area contributed by atoms with Crippen molar-refractivity contribution in [1.29, 1.82) is 0 Å². The summed E-state index contributed by atoms with van der Waals surface area (Å²) in [6.45, 7) is 7.02. The fraction of sp³-hybridized carbons (Fsp3) is 0.419. The summed E-state index contributed by atoms with van der Waals surface area (Å²) in [5, 5.41) is 0.708. The van der Waals surface area contributed by atoms with Gasteiger partial charge in [0.05, 0.1) is 22.9 Å². The van der Waals surface area contributed by atoms with E-state index >= 15 is 0 Å². The predicted octanol–water partition coefficient (Wildman–Crippen LogP) is 6.71. The Morgan fingerprint density at radius 2 is 1.76 bits per heavy atom. The van der Waals surface area contributed by atoms with E-state index < -0.39 is 0 Å². The molecule has 0 spiro atoms.